The fraction of sp³-hybridized carbons (Fsp3) is 0.357. The number of hydrogen-bond acceptors (Lipinski definition) is 3. The van der Waals surface area contributed by atoms with Crippen LogP contribution in [-0.4, -0.2) is 11.5 Å². The molecule has 102 valence electrons. The van der Waals surface area contributed by atoms with Gasteiger partial charge in [-0.15, -0.1) is 11.3 Å². The molecule has 1 heterocycles. The molecular formula is C14H16BrFN2S. The van der Waals surface area contributed by atoms with Crippen LogP contribution >= 0.6 is 27.3 Å². The van der Waals surface area contributed by atoms with E-state index in [4.69, 9.17) is 0 Å². The Kier molecular flexibility index (Phi) is 5.48. The van der Waals surface area contributed by atoms with E-state index in [1.54, 1.807) is 11.3 Å². The molecule has 0 aliphatic carbocycles. The number of halogens is 2. The number of rotatable bonds is 6. The molecule has 0 aliphatic rings. The Balaban J connectivity index is 2.20. The summed E-state index contributed by atoms with van der Waals surface area (Å²) in [7, 11) is 0. The molecule has 19 heavy (non-hydrogen) atoms. The van der Waals surface area contributed by atoms with E-state index < -0.39 is 0 Å². The lowest BCUT2D eigenvalue weighted by Gasteiger charge is -2.19. The monoisotopic (exact) mass is 342 g/mol. The molecule has 2 rings (SSSR count). The number of hydrogen-bond donors (Lipinski definition) is 1. The molecule has 0 spiro atoms. The third-order valence-corrected chi connectivity index (χ3v) is 4.36. The lowest BCUT2D eigenvalue weighted by molar-refractivity contribution is 0.528. The SMILES string of the molecule is CCCNC(Cc1cncs1)c1ccc(F)cc1Br. The Labute approximate surface area is 125 Å². The van der Waals surface area contributed by atoms with Gasteiger partial charge >= 0.3 is 0 Å². The molecule has 1 N–H and O–H groups in total. The fourth-order valence-corrected chi connectivity index (χ4v) is 3.21. The molecule has 1 aromatic carbocycles. The predicted molar refractivity (Wildman–Crippen MR) is 81.0 cm³/mol. The van der Waals surface area contributed by atoms with Gasteiger partial charge in [-0.05, 0) is 30.7 Å². The third kappa shape index (κ3) is 4.09. The molecule has 0 amide bonds. The normalized spacial score (nSPS) is 12.6. The van der Waals surface area contributed by atoms with Crippen LogP contribution in [0.5, 0.6) is 0 Å². The smallest absolute Gasteiger partial charge is 0.124 e. The van der Waals surface area contributed by atoms with E-state index >= 15 is 0 Å². The van der Waals surface area contributed by atoms with Crippen LogP contribution in [0, 0.1) is 5.82 Å². The molecule has 2 aromatic rings. The van der Waals surface area contributed by atoms with Gasteiger partial charge in [0.05, 0.1) is 5.51 Å². The molecule has 1 atom stereocenters. The van der Waals surface area contributed by atoms with E-state index in [1.165, 1.54) is 17.0 Å². The quantitative estimate of drug-likeness (QED) is 0.845. The minimum atomic E-state index is -0.220. The van der Waals surface area contributed by atoms with Gasteiger partial charge in [0.15, 0.2) is 0 Å². The summed E-state index contributed by atoms with van der Waals surface area (Å²) in [6.45, 7) is 3.07. The van der Waals surface area contributed by atoms with Gasteiger partial charge in [0.2, 0.25) is 0 Å². The Bertz CT molecular complexity index is 516. The molecule has 0 fully saturated rings. The lowest BCUT2D eigenvalue weighted by atomic mass is 10.0. The van der Waals surface area contributed by atoms with E-state index in [0.29, 0.717) is 0 Å². The number of thiazole rings is 1. The minimum Gasteiger partial charge on any atom is -0.310 e. The molecule has 0 radical (unpaired) electrons. The van der Waals surface area contributed by atoms with E-state index in [-0.39, 0.29) is 11.9 Å². The van der Waals surface area contributed by atoms with Crippen LogP contribution in [0.3, 0.4) is 0 Å². The molecule has 1 unspecified atom stereocenters. The maximum Gasteiger partial charge on any atom is 0.124 e. The first-order valence-corrected chi connectivity index (χ1v) is 7.93. The Morgan fingerprint density at radius 2 is 2.32 bits per heavy atom. The van der Waals surface area contributed by atoms with E-state index in [2.05, 4.69) is 33.2 Å². The van der Waals surface area contributed by atoms with Gasteiger partial charge in [-0.1, -0.05) is 28.9 Å². The van der Waals surface area contributed by atoms with Crippen LogP contribution < -0.4 is 5.32 Å². The van der Waals surface area contributed by atoms with Crippen molar-refractivity contribution in [2.75, 3.05) is 6.54 Å². The average Bonchev–Trinajstić information content (AvgIpc) is 2.88. The number of benzene rings is 1. The maximum atomic E-state index is 13.2. The zero-order chi connectivity index (χ0) is 13.7. The summed E-state index contributed by atoms with van der Waals surface area (Å²) >= 11 is 5.10. The van der Waals surface area contributed by atoms with Gasteiger partial charge in [-0.25, -0.2) is 4.39 Å². The Morgan fingerprint density at radius 1 is 1.47 bits per heavy atom. The Hall–Kier alpha value is -0.780. The number of nitrogens with zero attached hydrogens (tertiary/aromatic N) is 1. The molecule has 5 heteroatoms. The standard InChI is InChI=1S/C14H16BrFN2S/c1-2-5-18-14(7-11-8-17-9-19-11)12-4-3-10(16)6-13(12)15/h3-4,6,8-9,14,18H,2,5,7H2,1H3. The first kappa shape index (κ1) is 14.6. The first-order valence-electron chi connectivity index (χ1n) is 6.26. The van der Waals surface area contributed by atoms with Crippen molar-refractivity contribution in [1.82, 2.24) is 10.3 Å². The average molecular weight is 343 g/mol. The van der Waals surface area contributed by atoms with Crippen LogP contribution in [-0.2, 0) is 6.42 Å². The summed E-state index contributed by atoms with van der Waals surface area (Å²) in [5.41, 5.74) is 2.93. The van der Waals surface area contributed by atoms with Crippen molar-refractivity contribution in [3.05, 3.63) is 50.6 Å². The van der Waals surface area contributed by atoms with Crippen molar-refractivity contribution < 1.29 is 4.39 Å². The largest absolute Gasteiger partial charge is 0.310 e. The topological polar surface area (TPSA) is 24.9 Å². The van der Waals surface area contributed by atoms with Crippen LogP contribution in [0.15, 0.2) is 34.4 Å². The van der Waals surface area contributed by atoms with Gasteiger partial charge in [-0.2, -0.15) is 0 Å². The second kappa shape index (κ2) is 7.12. The fourth-order valence-electron chi connectivity index (χ4n) is 1.94. The Morgan fingerprint density at radius 3 is 2.95 bits per heavy atom. The highest BCUT2D eigenvalue weighted by atomic mass is 79.9. The summed E-state index contributed by atoms with van der Waals surface area (Å²) < 4.78 is 14.0. The molecular weight excluding hydrogens is 327 g/mol. The number of aromatic nitrogens is 1. The van der Waals surface area contributed by atoms with Crippen molar-refractivity contribution in [2.24, 2.45) is 0 Å². The lowest BCUT2D eigenvalue weighted by Crippen LogP contribution is -2.24. The molecule has 0 saturated carbocycles. The van der Waals surface area contributed by atoms with Crippen molar-refractivity contribution in [3.8, 4) is 0 Å². The minimum absolute atomic E-state index is 0.176. The van der Waals surface area contributed by atoms with Crippen molar-refractivity contribution in [2.45, 2.75) is 25.8 Å². The highest BCUT2D eigenvalue weighted by Crippen LogP contribution is 2.27. The summed E-state index contributed by atoms with van der Waals surface area (Å²) in [6.07, 6.45) is 3.83. The van der Waals surface area contributed by atoms with Gasteiger partial charge < -0.3 is 5.32 Å². The summed E-state index contributed by atoms with van der Waals surface area (Å²) in [4.78, 5) is 5.33. The third-order valence-electron chi connectivity index (χ3n) is 2.87. The summed E-state index contributed by atoms with van der Waals surface area (Å²) in [6, 6.07) is 5.04. The van der Waals surface area contributed by atoms with Crippen molar-refractivity contribution >= 4 is 27.3 Å². The van der Waals surface area contributed by atoms with Crippen molar-refractivity contribution in [1.29, 1.82) is 0 Å². The molecule has 1 aromatic heterocycles. The molecule has 0 saturated heterocycles. The van der Waals surface area contributed by atoms with E-state index in [0.717, 1.165) is 29.4 Å². The van der Waals surface area contributed by atoms with Gasteiger partial charge in [-0.3, -0.25) is 4.98 Å². The zero-order valence-corrected chi connectivity index (χ0v) is 13.1. The molecule has 0 bridgehead atoms. The van der Waals surface area contributed by atoms with Crippen LogP contribution in [0.2, 0.25) is 0 Å². The highest BCUT2D eigenvalue weighted by molar-refractivity contribution is 9.10. The summed E-state index contributed by atoms with van der Waals surface area (Å²) in [5, 5.41) is 3.51. The van der Waals surface area contributed by atoms with E-state index in [1.807, 2.05) is 17.8 Å². The van der Waals surface area contributed by atoms with Gasteiger partial charge in [0, 0.05) is 28.0 Å². The van der Waals surface area contributed by atoms with Gasteiger partial charge in [0.25, 0.3) is 0 Å². The van der Waals surface area contributed by atoms with E-state index in [9.17, 15) is 4.39 Å². The maximum absolute atomic E-state index is 13.2. The zero-order valence-electron chi connectivity index (χ0n) is 10.7. The van der Waals surface area contributed by atoms with Crippen LogP contribution in [0.25, 0.3) is 0 Å². The first-order chi connectivity index (χ1) is 9.20. The van der Waals surface area contributed by atoms with Crippen LogP contribution in [0.1, 0.15) is 29.8 Å². The van der Waals surface area contributed by atoms with Crippen molar-refractivity contribution in [3.63, 3.8) is 0 Å². The second-order valence-corrected chi connectivity index (χ2v) is 6.17. The molecule has 0 aliphatic heterocycles. The highest BCUT2D eigenvalue weighted by Gasteiger charge is 2.15. The summed E-state index contributed by atoms with van der Waals surface area (Å²) in [5.74, 6) is -0.220. The van der Waals surface area contributed by atoms with Crippen LogP contribution in [0.4, 0.5) is 4.39 Å². The van der Waals surface area contributed by atoms with Gasteiger partial charge in [0.1, 0.15) is 5.82 Å². The predicted octanol–water partition coefficient (Wildman–Crippen LogP) is 4.33. The number of nitrogens with one attached hydrogen (secondary N) is 1. The molecule has 2 nitrogen and oxygen atoms in total. The second-order valence-electron chi connectivity index (χ2n) is 4.34.